The Morgan fingerprint density at radius 2 is 1.64 bits per heavy atom. The van der Waals surface area contributed by atoms with Crippen LogP contribution in [0.15, 0.2) is 47.3 Å². The molecule has 0 amide bonds. The van der Waals surface area contributed by atoms with E-state index in [9.17, 15) is 18.0 Å². The number of aryl methyl sites for hydroxylation is 2. The van der Waals surface area contributed by atoms with Crippen LogP contribution in [0.3, 0.4) is 0 Å². The molecule has 1 unspecified atom stereocenters. The molecule has 11 heteroatoms. The average Bonchev–Trinajstić information content (AvgIpc) is 3.36. The monoisotopic (exact) mass is 539 g/mol. The Morgan fingerprint density at radius 1 is 0.949 bits per heavy atom. The Hall–Kier alpha value is -3.73. The van der Waals surface area contributed by atoms with Crippen LogP contribution < -0.4 is 10.5 Å². The van der Waals surface area contributed by atoms with Gasteiger partial charge in [-0.1, -0.05) is 6.07 Å². The molecule has 2 aromatic heterocycles. The second-order valence-corrected chi connectivity index (χ2v) is 11.2. The molecule has 39 heavy (non-hydrogen) atoms. The smallest absolute Gasteiger partial charge is 0.369 e. The molecule has 5 rings (SSSR count). The molecule has 0 aliphatic carbocycles. The number of aromatic amines is 1. The van der Waals surface area contributed by atoms with Crippen LogP contribution in [0.1, 0.15) is 54.9 Å². The average molecular weight is 540 g/mol. The Morgan fingerprint density at radius 3 is 2.31 bits per heavy atom. The van der Waals surface area contributed by atoms with E-state index in [0.717, 1.165) is 28.1 Å². The molecule has 1 N–H and O–H groups in total. The van der Waals surface area contributed by atoms with Crippen molar-refractivity contribution in [1.82, 2.24) is 30.1 Å². The number of nitrogens with zero attached hydrogens (tertiary/aromatic N) is 6. The maximum atomic E-state index is 13.5. The van der Waals surface area contributed by atoms with Gasteiger partial charge in [-0.2, -0.15) is 13.2 Å². The van der Waals surface area contributed by atoms with Gasteiger partial charge in [-0.05, 0) is 98.0 Å². The number of anilines is 1. The topological polar surface area (TPSA) is 82.9 Å². The van der Waals surface area contributed by atoms with Crippen LogP contribution in [0.25, 0.3) is 10.9 Å². The van der Waals surface area contributed by atoms with Crippen LogP contribution in [0.5, 0.6) is 0 Å². The van der Waals surface area contributed by atoms with Gasteiger partial charge in [0.25, 0.3) is 5.56 Å². The first-order valence-corrected chi connectivity index (χ1v) is 12.9. The van der Waals surface area contributed by atoms with E-state index in [2.05, 4.69) is 31.5 Å². The first-order chi connectivity index (χ1) is 18.3. The highest BCUT2D eigenvalue weighted by atomic mass is 19.4. The second-order valence-electron chi connectivity index (χ2n) is 11.2. The fraction of sp³-hybridized carbons (Fsp3) is 0.429. The first kappa shape index (κ1) is 26.9. The van der Waals surface area contributed by atoms with Crippen molar-refractivity contribution in [3.8, 4) is 0 Å². The van der Waals surface area contributed by atoms with Crippen molar-refractivity contribution in [3.05, 3.63) is 80.9 Å². The maximum Gasteiger partial charge on any atom is 0.416 e. The lowest BCUT2D eigenvalue weighted by Crippen LogP contribution is -2.49. The van der Waals surface area contributed by atoms with Crippen LogP contribution in [-0.2, 0) is 11.7 Å². The number of fused-ring (bicyclic) bond motifs is 1. The Labute approximate surface area is 224 Å². The normalized spacial score (nSPS) is 16.2. The molecule has 0 radical (unpaired) electrons. The number of tetrazole rings is 1. The molecule has 4 aromatic rings. The number of halogens is 3. The van der Waals surface area contributed by atoms with Crippen LogP contribution in [0.4, 0.5) is 18.9 Å². The second kappa shape index (κ2) is 9.78. The van der Waals surface area contributed by atoms with Crippen molar-refractivity contribution in [1.29, 1.82) is 0 Å². The number of hydrogen-bond acceptors (Lipinski definition) is 6. The van der Waals surface area contributed by atoms with Crippen LogP contribution in [0.2, 0.25) is 0 Å². The molecule has 1 aliphatic heterocycles. The fourth-order valence-corrected chi connectivity index (χ4v) is 5.16. The molecule has 1 atom stereocenters. The van der Waals surface area contributed by atoms with Gasteiger partial charge in [0.1, 0.15) is 6.04 Å². The summed E-state index contributed by atoms with van der Waals surface area (Å²) >= 11 is 0. The molecule has 1 fully saturated rings. The highest BCUT2D eigenvalue weighted by Gasteiger charge is 2.36. The number of benzene rings is 2. The highest BCUT2D eigenvalue weighted by molar-refractivity contribution is 5.81. The lowest BCUT2D eigenvalue weighted by molar-refractivity contribution is -0.137. The van der Waals surface area contributed by atoms with Gasteiger partial charge in [0.2, 0.25) is 0 Å². The van der Waals surface area contributed by atoms with Gasteiger partial charge in [-0.3, -0.25) is 9.69 Å². The summed E-state index contributed by atoms with van der Waals surface area (Å²) in [6, 6.07) is 10.8. The lowest BCUT2D eigenvalue weighted by atomic mass is 9.99. The predicted molar refractivity (Wildman–Crippen MR) is 144 cm³/mol. The zero-order valence-electron chi connectivity index (χ0n) is 22.7. The summed E-state index contributed by atoms with van der Waals surface area (Å²) in [5.74, 6) is 0.545. The van der Waals surface area contributed by atoms with Gasteiger partial charge in [-0.25, -0.2) is 4.68 Å². The van der Waals surface area contributed by atoms with Crippen LogP contribution in [0, 0.1) is 13.8 Å². The largest absolute Gasteiger partial charge is 0.416 e. The summed E-state index contributed by atoms with van der Waals surface area (Å²) in [6.45, 7) is 12.0. The number of H-pyrrole nitrogens is 1. The van der Waals surface area contributed by atoms with Crippen LogP contribution in [-0.4, -0.2) is 56.3 Å². The van der Waals surface area contributed by atoms with E-state index in [0.29, 0.717) is 43.3 Å². The molecule has 8 nitrogen and oxygen atoms in total. The Bertz CT molecular complexity index is 1560. The summed E-state index contributed by atoms with van der Waals surface area (Å²) in [5.41, 5.74) is 2.69. The first-order valence-electron chi connectivity index (χ1n) is 12.9. The van der Waals surface area contributed by atoms with Crippen molar-refractivity contribution in [3.63, 3.8) is 0 Å². The molecule has 1 saturated heterocycles. The van der Waals surface area contributed by atoms with Gasteiger partial charge in [-0.15, -0.1) is 5.10 Å². The zero-order valence-corrected chi connectivity index (χ0v) is 22.7. The van der Waals surface area contributed by atoms with Gasteiger partial charge in [0, 0.05) is 42.9 Å². The minimum absolute atomic E-state index is 0.223. The molecule has 206 valence electrons. The molecular weight excluding hydrogens is 507 g/mol. The minimum Gasteiger partial charge on any atom is -0.369 e. The fourth-order valence-electron chi connectivity index (χ4n) is 5.16. The van der Waals surface area contributed by atoms with Gasteiger partial charge in [0.15, 0.2) is 5.82 Å². The third kappa shape index (κ3) is 5.27. The quantitative estimate of drug-likeness (QED) is 0.401. The van der Waals surface area contributed by atoms with Gasteiger partial charge in [0.05, 0.1) is 11.1 Å². The number of rotatable bonds is 4. The predicted octanol–water partition coefficient (Wildman–Crippen LogP) is 4.82. The zero-order chi connectivity index (χ0) is 28.1. The number of hydrogen-bond donors (Lipinski definition) is 1. The molecule has 3 heterocycles. The van der Waals surface area contributed by atoms with Crippen molar-refractivity contribution in [2.45, 2.75) is 52.4 Å². The van der Waals surface area contributed by atoms with E-state index < -0.39 is 23.3 Å². The van der Waals surface area contributed by atoms with E-state index in [1.165, 1.54) is 12.1 Å². The molecule has 2 aromatic carbocycles. The maximum absolute atomic E-state index is 13.5. The number of piperazine rings is 1. The summed E-state index contributed by atoms with van der Waals surface area (Å²) in [4.78, 5) is 20.6. The number of alkyl halides is 3. The number of aromatic nitrogens is 5. The Balaban J connectivity index is 1.53. The summed E-state index contributed by atoms with van der Waals surface area (Å²) < 4.78 is 41.6. The van der Waals surface area contributed by atoms with Crippen molar-refractivity contribution in [2.24, 2.45) is 0 Å². The van der Waals surface area contributed by atoms with Gasteiger partial charge >= 0.3 is 6.18 Å². The summed E-state index contributed by atoms with van der Waals surface area (Å²) in [6.07, 6.45) is -4.40. The van der Waals surface area contributed by atoms with E-state index in [1.807, 2.05) is 51.7 Å². The Kier molecular flexibility index (Phi) is 6.74. The summed E-state index contributed by atoms with van der Waals surface area (Å²) in [5, 5.41) is 13.5. The van der Waals surface area contributed by atoms with E-state index in [1.54, 1.807) is 10.7 Å². The standard InChI is InChI=1S/C28H32F3N7O/c1-17-13-19-15-22(26(39)32-23(19)14-18(17)2)24(25-33-34-35-38(25)27(3,4)5)37-11-9-36(10-12-37)21-8-6-7-20(16-21)28(29,30)31/h6-8,13-16,24H,9-12H2,1-5H3,(H,32,39). The third-order valence-corrected chi connectivity index (χ3v) is 7.37. The van der Waals surface area contributed by atoms with Crippen molar-refractivity contribution in [2.75, 3.05) is 31.1 Å². The van der Waals surface area contributed by atoms with E-state index in [4.69, 9.17) is 0 Å². The molecule has 0 saturated carbocycles. The number of pyridine rings is 1. The SMILES string of the molecule is Cc1cc2cc(C(c3nnnn3C(C)(C)C)N3CCN(c4cccc(C(F)(F)F)c4)CC3)c(=O)[nH]c2cc1C. The minimum atomic E-state index is -4.40. The van der Waals surface area contributed by atoms with Crippen molar-refractivity contribution >= 4 is 16.6 Å². The lowest BCUT2D eigenvalue weighted by Gasteiger charge is -2.40. The van der Waals surface area contributed by atoms with E-state index in [-0.39, 0.29) is 5.56 Å². The van der Waals surface area contributed by atoms with Gasteiger partial charge < -0.3 is 9.88 Å². The third-order valence-electron chi connectivity index (χ3n) is 7.37. The molecule has 1 aliphatic rings. The van der Waals surface area contributed by atoms with E-state index >= 15 is 0 Å². The van der Waals surface area contributed by atoms with Crippen LogP contribution >= 0.6 is 0 Å². The highest BCUT2D eigenvalue weighted by Crippen LogP contribution is 2.34. The summed E-state index contributed by atoms with van der Waals surface area (Å²) in [7, 11) is 0. The van der Waals surface area contributed by atoms with Crippen molar-refractivity contribution < 1.29 is 13.2 Å². The molecule has 0 bridgehead atoms. The molecular formula is C28H32F3N7O. The molecule has 0 spiro atoms. The number of nitrogens with one attached hydrogen (secondary N) is 1.